The van der Waals surface area contributed by atoms with Crippen LogP contribution in [-0.4, -0.2) is 19.0 Å². The lowest BCUT2D eigenvalue weighted by Gasteiger charge is -2.19. The highest BCUT2D eigenvalue weighted by atomic mass is 35.5. The number of methoxy groups -OCH3 is 1. The normalized spacial score (nSPS) is 16.8. The number of amides is 1. The van der Waals surface area contributed by atoms with Gasteiger partial charge in [-0.25, -0.2) is 4.79 Å². The van der Waals surface area contributed by atoms with Crippen molar-refractivity contribution in [3.05, 3.63) is 69.7 Å². The van der Waals surface area contributed by atoms with Gasteiger partial charge in [0, 0.05) is 5.02 Å². The number of rotatable bonds is 4. The average molecular weight is 358 g/mol. The number of carbonyl (C=O) groups excluding carboxylic acids is 2. The molecule has 3 rings (SSSR count). The van der Waals surface area contributed by atoms with Crippen molar-refractivity contribution in [2.24, 2.45) is 0 Å². The molecule has 0 aromatic heterocycles. The molecule has 0 saturated heterocycles. The Morgan fingerprint density at radius 1 is 1.24 bits per heavy atom. The lowest BCUT2D eigenvalue weighted by atomic mass is 9.99. The van der Waals surface area contributed by atoms with Crippen LogP contribution in [0.15, 0.2) is 42.5 Å². The number of carbonyl (C=O) groups is 2. The molecule has 2 aromatic carbocycles. The molecule has 0 saturated carbocycles. The van der Waals surface area contributed by atoms with Gasteiger partial charge in [-0.3, -0.25) is 4.79 Å². The molecule has 130 valence electrons. The van der Waals surface area contributed by atoms with Gasteiger partial charge in [-0.2, -0.15) is 0 Å². The fourth-order valence-electron chi connectivity index (χ4n) is 3.26. The summed E-state index contributed by atoms with van der Waals surface area (Å²) in [6, 6.07) is 12.8. The van der Waals surface area contributed by atoms with Gasteiger partial charge in [0.2, 0.25) is 5.91 Å². The first-order valence-corrected chi connectivity index (χ1v) is 8.65. The van der Waals surface area contributed by atoms with Crippen LogP contribution in [0.3, 0.4) is 0 Å². The largest absolute Gasteiger partial charge is 0.465 e. The van der Waals surface area contributed by atoms with Crippen LogP contribution >= 0.6 is 11.6 Å². The van der Waals surface area contributed by atoms with Crippen LogP contribution in [0, 0.1) is 0 Å². The summed E-state index contributed by atoms with van der Waals surface area (Å²) in [7, 11) is 1.36. The van der Waals surface area contributed by atoms with Crippen LogP contribution in [0.5, 0.6) is 0 Å². The monoisotopic (exact) mass is 357 g/mol. The maximum atomic E-state index is 12.7. The molecule has 1 N–H and O–H groups in total. The molecule has 0 radical (unpaired) electrons. The fraction of sp³-hybridized carbons (Fsp3) is 0.300. The molecule has 2 unspecified atom stereocenters. The van der Waals surface area contributed by atoms with Gasteiger partial charge in [-0.15, -0.1) is 0 Å². The lowest BCUT2D eigenvalue weighted by Crippen LogP contribution is -2.31. The minimum atomic E-state index is -0.371. The van der Waals surface area contributed by atoms with Crippen molar-refractivity contribution < 1.29 is 14.3 Å². The average Bonchev–Trinajstić information content (AvgIpc) is 3.03. The summed E-state index contributed by atoms with van der Waals surface area (Å²) >= 11 is 6.20. The third-order valence-electron chi connectivity index (χ3n) is 4.73. The van der Waals surface area contributed by atoms with Crippen LogP contribution in [0.2, 0.25) is 5.02 Å². The second kappa shape index (κ2) is 7.28. The van der Waals surface area contributed by atoms with Crippen LogP contribution < -0.4 is 5.32 Å². The standard InChI is InChI=1S/C20H20ClNO3/c1-12(15-5-3-4-6-17(15)21)19(23)22-18-10-9-13-7-8-14(11-16(13)18)20(24)25-2/h3-8,11-12,18H,9-10H2,1-2H3,(H,22,23). The SMILES string of the molecule is COC(=O)c1ccc2c(c1)C(NC(=O)C(C)c1ccccc1Cl)CC2. The molecule has 25 heavy (non-hydrogen) atoms. The van der Waals surface area contributed by atoms with Crippen molar-refractivity contribution in [3.63, 3.8) is 0 Å². The molecule has 0 aliphatic heterocycles. The van der Waals surface area contributed by atoms with Crippen molar-refractivity contribution in [2.75, 3.05) is 7.11 Å². The second-order valence-electron chi connectivity index (χ2n) is 6.25. The summed E-state index contributed by atoms with van der Waals surface area (Å²) in [4.78, 5) is 24.4. The van der Waals surface area contributed by atoms with Crippen LogP contribution in [0.25, 0.3) is 0 Å². The third kappa shape index (κ3) is 3.54. The van der Waals surface area contributed by atoms with E-state index in [1.54, 1.807) is 12.1 Å². The van der Waals surface area contributed by atoms with E-state index in [2.05, 4.69) is 5.32 Å². The Labute approximate surface area is 152 Å². The van der Waals surface area contributed by atoms with Crippen LogP contribution in [0.1, 0.15) is 52.4 Å². The predicted molar refractivity (Wildman–Crippen MR) is 96.9 cm³/mol. The van der Waals surface area contributed by atoms with Crippen molar-refractivity contribution in [2.45, 2.75) is 31.7 Å². The van der Waals surface area contributed by atoms with Crippen LogP contribution in [0.4, 0.5) is 0 Å². The number of aryl methyl sites for hydroxylation is 1. The Hall–Kier alpha value is -2.33. The molecule has 0 spiro atoms. The molecule has 2 atom stereocenters. The summed E-state index contributed by atoms with van der Waals surface area (Å²) in [5.74, 6) is -0.792. The van der Waals surface area contributed by atoms with Crippen molar-refractivity contribution >= 4 is 23.5 Å². The maximum Gasteiger partial charge on any atom is 0.337 e. The first-order valence-electron chi connectivity index (χ1n) is 8.27. The molecule has 1 amide bonds. The van der Waals surface area contributed by atoms with E-state index in [0.717, 1.165) is 29.5 Å². The van der Waals surface area contributed by atoms with E-state index in [1.165, 1.54) is 7.11 Å². The first-order chi connectivity index (χ1) is 12.0. The Balaban J connectivity index is 1.78. The molecular formula is C20H20ClNO3. The van der Waals surface area contributed by atoms with Gasteiger partial charge in [0.25, 0.3) is 0 Å². The van der Waals surface area contributed by atoms with Crippen molar-refractivity contribution in [3.8, 4) is 0 Å². The zero-order valence-electron chi connectivity index (χ0n) is 14.2. The Kier molecular flexibility index (Phi) is 5.09. The van der Waals surface area contributed by atoms with E-state index in [4.69, 9.17) is 16.3 Å². The highest BCUT2D eigenvalue weighted by molar-refractivity contribution is 6.31. The fourth-order valence-corrected chi connectivity index (χ4v) is 3.56. The van der Waals surface area contributed by atoms with E-state index in [1.807, 2.05) is 37.3 Å². The van der Waals surface area contributed by atoms with Gasteiger partial charge in [-0.05, 0) is 54.7 Å². The summed E-state index contributed by atoms with van der Waals surface area (Å²) in [6.45, 7) is 1.84. The van der Waals surface area contributed by atoms with Crippen LogP contribution in [-0.2, 0) is 16.0 Å². The van der Waals surface area contributed by atoms with Gasteiger partial charge in [0.15, 0.2) is 0 Å². The van der Waals surface area contributed by atoms with Crippen molar-refractivity contribution in [1.29, 1.82) is 0 Å². The van der Waals surface area contributed by atoms with E-state index in [-0.39, 0.29) is 23.8 Å². The van der Waals surface area contributed by atoms with Gasteiger partial charge in [-0.1, -0.05) is 35.9 Å². The van der Waals surface area contributed by atoms with E-state index >= 15 is 0 Å². The maximum absolute atomic E-state index is 12.7. The number of hydrogen-bond acceptors (Lipinski definition) is 3. The number of halogens is 1. The number of fused-ring (bicyclic) bond motifs is 1. The quantitative estimate of drug-likeness (QED) is 0.840. The molecule has 2 aromatic rings. The molecule has 0 bridgehead atoms. The number of ether oxygens (including phenoxy) is 1. The number of esters is 1. The molecular weight excluding hydrogens is 338 g/mol. The zero-order chi connectivity index (χ0) is 18.0. The molecule has 0 fully saturated rings. The summed E-state index contributed by atoms with van der Waals surface area (Å²) in [5.41, 5.74) is 3.45. The van der Waals surface area contributed by atoms with Crippen molar-refractivity contribution in [1.82, 2.24) is 5.32 Å². The second-order valence-corrected chi connectivity index (χ2v) is 6.66. The number of benzene rings is 2. The Bertz CT molecular complexity index is 818. The van der Waals surface area contributed by atoms with Gasteiger partial charge in [0.1, 0.15) is 0 Å². The number of hydrogen-bond donors (Lipinski definition) is 1. The van der Waals surface area contributed by atoms with Gasteiger partial charge < -0.3 is 10.1 Å². The molecule has 5 heteroatoms. The minimum Gasteiger partial charge on any atom is -0.465 e. The van der Waals surface area contributed by atoms with E-state index < -0.39 is 0 Å². The third-order valence-corrected chi connectivity index (χ3v) is 5.07. The molecule has 1 aliphatic rings. The lowest BCUT2D eigenvalue weighted by molar-refractivity contribution is -0.123. The highest BCUT2D eigenvalue weighted by Crippen LogP contribution is 2.33. The van der Waals surface area contributed by atoms with E-state index in [0.29, 0.717) is 10.6 Å². The number of nitrogens with one attached hydrogen (secondary N) is 1. The highest BCUT2D eigenvalue weighted by Gasteiger charge is 2.27. The summed E-state index contributed by atoms with van der Waals surface area (Å²) in [5, 5.41) is 3.68. The Morgan fingerprint density at radius 3 is 2.72 bits per heavy atom. The summed E-state index contributed by atoms with van der Waals surface area (Å²) < 4.78 is 4.78. The smallest absolute Gasteiger partial charge is 0.337 e. The predicted octanol–water partition coefficient (Wildman–Crippen LogP) is 4.03. The topological polar surface area (TPSA) is 55.4 Å². The molecule has 1 aliphatic carbocycles. The van der Waals surface area contributed by atoms with Gasteiger partial charge in [0.05, 0.1) is 24.6 Å². The molecule has 4 nitrogen and oxygen atoms in total. The minimum absolute atomic E-state index is 0.0746. The van der Waals surface area contributed by atoms with E-state index in [9.17, 15) is 9.59 Å². The molecule has 0 heterocycles. The summed E-state index contributed by atoms with van der Waals surface area (Å²) in [6.07, 6.45) is 1.70. The first kappa shape index (κ1) is 17.5. The Morgan fingerprint density at radius 2 is 2.00 bits per heavy atom. The van der Waals surface area contributed by atoms with Gasteiger partial charge >= 0.3 is 5.97 Å². The zero-order valence-corrected chi connectivity index (χ0v) is 15.0.